The van der Waals surface area contributed by atoms with E-state index in [9.17, 15) is 14.4 Å². The highest BCUT2D eigenvalue weighted by atomic mass is 16.4. The smallest absolute Gasteiger partial charge is 0.287 e. The van der Waals surface area contributed by atoms with E-state index in [1.54, 1.807) is 43.6 Å². The fraction of sp³-hybridized carbons (Fsp3) is 0.310. The van der Waals surface area contributed by atoms with Crippen molar-refractivity contribution < 1.29 is 23.2 Å². The lowest BCUT2D eigenvalue weighted by molar-refractivity contribution is -0.124. The van der Waals surface area contributed by atoms with Crippen LogP contribution in [-0.2, 0) is 11.3 Å². The van der Waals surface area contributed by atoms with Crippen LogP contribution in [0.3, 0.4) is 0 Å². The first-order valence-corrected chi connectivity index (χ1v) is 12.9. The second kappa shape index (κ2) is 11.3. The molecule has 1 aliphatic rings. The highest BCUT2D eigenvalue weighted by Crippen LogP contribution is 2.27. The normalized spacial score (nSPS) is 14.7. The van der Waals surface area contributed by atoms with Gasteiger partial charge in [0.2, 0.25) is 5.91 Å². The molecule has 0 spiro atoms. The number of aromatic nitrogens is 1. The highest BCUT2D eigenvalue weighted by Gasteiger charge is 2.31. The Morgan fingerprint density at radius 1 is 0.947 bits per heavy atom. The third kappa shape index (κ3) is 5.61. The number of nitrogens with one attached hydrogen (secondary N) is 3. The molecule has 4 aromatic rings. The summed E-state index contributed by atoms with van der Waals surface area (Å²) in [6, 6.07) is 15.4. The van der Waals surface area contributed by atoms with Crippen molar-refractivity contribution >= 4 is 28.7 Å². The number of benzene rings is 1. The summed E-state index contributed by atoms with van der Waals surface area (Å²) >= 11 is 0. The predicted octanol–water partition coefficient (Wildman–Crippen LogP) is 4.44. The number of nitrogens with zero attached hydrogens (tertiary/aromatic N) is 1. The van der Waals surface area contributed by atoms with Crippen molar-refractivity contribution in [2.24, 2.45) is 5.92 Å². The van der Waals surface area contributed by atoms with Crippen molar-refractivity contribution in [3.8, 4) is 11.5 Å². The Morgan fingerprint density at radius 3 is 2.55 bits per heavy atom. The maximum Gasteiger partial charge on any atom is 0.287 e. The average Bonchev–Trinajstić information content (AvgIpc) is 3.63. The van der Waals surface area contributed by atoms with Gasteiger partial charge in [0.1, 0.15) is 17.3 Å². The van der Waals surface area contributed by atoms with Crippen LogP contribution in [0.15, 0.2) is 69.6 Å². The van der Waals surface area contributed by atoms with E-state index in [-0.39, 0.29) is 35.8 Å². The SMILES string of the molecule is CNC(=O)[C@@H](NC(=O)c1ccc(-c2cc(CNC(=O)c3cc4ccccc4o3)ccn2)o1)C1CCCCC1. The summed E-state index contributed by atoms with van der Waals surface area (Å²) in [6.45, 7) is 0.259. The molecule has 1 atom stereocenters. The van der Waals surface area contributed by atoms with E-state index in [0.717, 1.165) is 43.1 Å². The lowest BCUT2D eigenvalue weighted by Crippen LogP contribution is -2.50. The number of hydrogen-bond donors (Lipinski definition) is 3. The first kappa shape index (κ1) is 25.3. The topological polar surface area (TPSA) is 126 Å². The lowest BCUT2D eigenvalue weighted by Gasteiger charge is -2.29. The molecule has 1 fully saturated rings. The molecule has 1 aromatic carbocycles. The Bertz CT molecular complexity index is 1420. The van der Waals surface area contributed by atoms with Gasteiger partial charge in [-0.1, -0.05) is 37.5 Å². The zero-order chi connectivity index (χ0) is 26.5. The summed E-state index contributed by atoms with van der Waals surface area (Å²) in [5.41, 5.74) is 1.98. The molecule has 0 saturated heterocycles. The largest absolute Gasteiger partial charge is 0.451 e. The molecule has 0 unspecified atom stereocenters. The Balaban J connectivity index is 1.23. The molecule has 38 heavy (non-hydrogen) atoms. The van der Waals surface area contributed by atoms with Crippen molar-refractivity contribution in [3.63, 3.8) is 0 Å². The minimum absolute atomic E-state index is 0.107. The molecule has 3 aromatic heterocycles. The van der Waals surface area contributed by atoms with Crippen LogP contribution >= 0.6 is 0 Å². The quantitative estimate of drug-likeness (QED) is 0.319. The van der Waals surface area contributed by atoms with Crippen LogP contribution in [0.1, 0.15) is 58.8 Å². The Hall–Kier alpha value is -4.40. The number of hydrogen-bond acceptors (Lipinski definition) is 6. The Morgan fingerprint density at radius 2 is 1.76 bits per heavy atom. The molecule has 9 nitrogen and oxygen atoms in total. The minimum atomic E-state index is -0.599. The van der Waals surface area contributed by atoms with Crippen molar-refractivity contribution in [3.05, 3.63) is 77.9 Å². The van der Waals surface area contributed by atoms with Gasteiger partial charge in [-0.2, -0.15) is 0 Å². The summed E-state index contributed by atoms with van der Waals surface area (Å²) < 4.78 is 11.4. The van der Waals surface area contributed by atoms with Crippen LogP contribution in [0.4, 0.5) is 0 Å². The molecule has 3 amide bonds. The van der Waals surface area contributed by atoms with Crippen LogP contribution in [0.25, 0.3) is 22.4 Å². The van der Waals surface area contributed by atoms with Gasteiger partial charge in [-0.15, -0.1) is 0 Å². The van der Waals surface area contributed by atoms with Gasteiger partial charge in [0.05, 0.1) is 0 Å². The van der Waals surface area contributed by atoms with Gasteiger partial charge in [0.25, 0.3) is 11.8 Å². The van der Waals surface area contributed by atoms with E-state index < -0.39 is 11.9 Å². The molecule has 0 bridgehead atoms. The summed E-state index contributed by atoms with van der Waals surface area (Å²) in [5, 5.41) is 9.25. The maximum atomic E-state index is 12.9. The number of carbonyl (C=O) groups is 3. The second-order valence-corrected chi connectivity index (χ2v) is 9.51. The number of pyridine rings is 1. The molecule has 9 heteroatoms. The maximum absolute atomic E-state index is 12.9. The molecule has 1 aliphatic carbocycles. The molecule has 0 radical (unpaired) electrons. The molecule has 3 N–H and O–H groups in total. The molecule has 5 rings (SSSR count). The fourth-order valence-electron chi connectivity index (χ4n) is 4.91. The van der Waals surface area contributed by atoms with E-state index in [0.29, 0.717) is 17.0 Å². The second-order valence-electron chi connectivity index (χ2n) is 9.51. The zero-order valence-electron chi connectivity index (χ0n) is 21.2. The van der Waals surface area contributed by atoms with Crippen molar-refractivity contribution in [2.75, 3.05) is 7.05 Å². The van der Waals surface area contributed by atoms with E-state index in [1.807, 2.05) is 24.3 Å². The van der Waals surface area contributed by atoms with Gasteiger partial charge in [-0.3, -0.25) is 19.4 Å². The molecule has 0 aliphatic heterocycles. The first-order chi connectivity index (χ1) is 18.5. The van der Waals surface area contributed by atoms with Gasteiger partial charge in [-0.05, 0) is 60.7 Å². The van der Waals surface area contributed by atoms with Gasteiger partial charge >= 0.3 is 0 Å². The first-order valence-electron chi connectivity index (χ1n) is 12.9. The van der Waals surface area contributed by atoms with Crippen LogP contribution < -0.4 is 16.0 Å². The number of carbonyl (C=O) groups excluding carboxylic acids is 3. The van der Waals surface area contributed by atoms with E-state index in [1.165, 1.54) is 0 Å². The predicted molar refractivity (Wildman–Crippen MR) is 141 cm³/mol. The van der Waals surface area contributed by atoms with E-state index in [4.69, 9.17) is 8.83 Å². The summed E-state index contributed by atoms with van der Waals surface area (Å²) in [5.74, 6) is -0.0912. The Labute approximate surface area is 220 Å². The van der Waals surface area contributed by atoms with Crippen LogP contribution in [0.2, 0.25) is 0 Å². The fourth-order valence-corrected chi connectivity index (χ4v) is 4.91. The molecular formula is C29H30N4O5. The van der Waals surface area contributed by atoms with Gasteiger partial charge in [-0.25, -0.2) is 0 Å². The van der Waals surface area contributed by atoms with Gasteiger partial charge < -0.3 is 24.8 Å². The van der Waals surface area contributed by atoms with Crippen LogP contribution in [-0.4, -0.2) is 35.8 Å². The number of para-hydroxylation sites is 1. The average molecular weight is 515 g/mol. The number of rotatable bonds is 8. The Kier molecular flexibility index (Phi) is 7.53. The number of furan rings is 2. The van der Waals surface area contributed by atoms with Crippen molar-refractivity contribution in [2.45, 2.75) is 44.7 Å². The molecule has 1 saturated carbocycles. The molecule has 196 valence electrons. The van der Waals surface area contributed by atoms with Gasteiger partial charge in [0, 0.05) is 25.2 Å². The third-order valence-corrected chi connectivity index (χ3v) is 6.95. The van der Waals surface area contributed by atoms with E-state index >= 15 is 0 Å². The zero-order valence-corrected chi connectivity index (χ0v) is 21.2. The highest BCUT2D eigenvalue weighted by molar-refractivity contribution is 5.96. The van der Waals surface area contributed by atoms with Crippen molar-refractivity contribution in [1.29, 1.82) is 0 Å². The van der Waals surface area contributed by atoms with Crippen LogP contribution in [0, 0.1) is 5.92 Å². The number of fused-ring (bicyclic) bond motifs is 1. The lowest BCUT2D eigenvalue weighted by atomic mass is 9.83. The third-order valence-electron chi connectivity index (χ3n) is 6.95. The summed E-state index contributed by atoms with van der Waals surface area (Å²) in [4.78, 5) is 42.4. The van der Waals surface area contributed by atoms with Crippen molar-refractivity contribution in [1.82, 2.24) is 20.9 Å². The molecule has 3 heterocycles. The summed E-state index contributed by atoms with van der Waals surface area (Å²) in [7, 11) is 1.58. The minimum Gasteiger partial charge on any atom is -0.451 e. The van der Waals surface area contributed by atoms with E-state index in [2.05, 4.69) is 20.9 Å². The van der Waals surface area contributed by atoms with Crippen LogP contribution in [0.5, 0.6) is 0 Å². The number of likely N-dealkylation sites (N-methyl/N-ethyl adjacent to an activating group) is 1. The molecular weight excluding hydrogens is 484 g/mol. The summed E-state index contributed by atoms with van der Waals surface area (Å²) in [6.07, 6.45) is 6.70. The monoisotopic (exact) mass is 514 g/mol. The van der Waals surface area contributed by atoms with Gasteiger partial charge in [0.15, 0.2) is 17.3 Å². The standard InChI is InChI=1S/C29H30N4O5/c1-30-29(36)26(19-7-3-2-4-8-19)33-28(35)24-12-11-23(38-24)21-15-18(13-14-31-21)17-32-27(34)25-16-20-9-5-6-10-22(20)37-25/h5-6,9-16,19,26H,2-4,7-8,17H2,1H3,(H,30,36)(H,32,34)(H,33,35)/t26-/m0/s1. The number of amides is 3.